The molecule has 1 N–H and O–H groups in total. The highest BCUT2D eigenvalue weighted by atomic mass is 16.4. The third-order valence-electron chi connectivity index (χ3n) is 4.58. The number of imidazole rings is 1. The summed E-state index contributed by atoms with van der Waals surface area (Å²) in [6.45, 7) is 4.94. The summed E-state index contributed by atoms with van der Waals surface area (Å²) in [7, 11) is 0. The van der Waals surface area contributed by atoms with Crippen LogP contribution in [0.15, 0.2) is 57.7 Å². The molecular weight excluding hydrogens is 326 g/mol. The summed E-state index contributed by atoms with van der Waals surface area (Å²) in [6, 6.07) is 15.5. The van der Waals surface area contributed by atoms with Gasteiger partial charge in [-0.3, -0.25) is 0 Å². The number of unbranched alkanes of at least 4 members (excludes halogenated alkanes) is 1. The quantitative estimate of drug-likeness (QED) is 0.516. The van der Waals surface area contributed by atoms with Gasteiger partial charge in [0.1, 0.15) is 5.58 Å². The number of aryl methyl sites for hydroxylation is 2. The van der Waals surface area contributed by atoms with Gasteiger partial charge in [0.25, 0.3) is 0 Å². The summed E-state index contributed by atoms with van der Waals surface area (Å²) in [6.07, 6.45) is 2.14. The number of nitrogens with one attached hydrogen (secondary N) is 1. The fraction of sp³-hybridized carbons (Fsp3) is 0.238. The van der Waals surface area contributed by atoms with Crippen molar-refractivity contribution in [3.05, 3.63) is 64.5 Å². The molecule has 0 saturated carbocycles. The van der Waals surface area contributed by atoms with Gasteiger partial charge in [-0.15, -0.1) is 0 Å². The van der Waals surface area contributed by atoms with E-state index in [1.807, 2.05) is 49.4 Å². The molecular formula is C21H21N3O2. The Morgan fingerprint density at radius 3 is 2.73 bits per heavy atom. The second-order valence-corrected chi connectivity index (χ2v) is 6.52. The fourth-order valence-corrected chi connectivity index (χ4v) is 3.23. The van der Waals surface area contributed by atoms with Crippen molar-refractivity contribution in [2.75, 3.05) is 5.32 Å². The molecule has 0 amide bonds. The van der Waals surface area contributed by atoms with Crippen molar-refractivity contribution >= 4 is 33.6 Å². The van der Waals surface area contributed by atoms with Gasteiger partial charge in [-0.05, 0) is 37.1 Å². The molecule has 0 fully saturated rings. The fourth-order valence-electron chi connectivity index (χ4n) is 3.23. The average Bonchev–Trinajstić information content (AvgIpc) is 2.95. The predicted octanol–water partition coefficient (Wildman–Crippen LogP) is 4.99. The number of hydrogen-bond acceptors (Lipinski definition) is 4. The van der Waals surface area contributed by atoms with Crippen LogP contribution in [0.2, 0.25) is 0 Å². The first-order chi connectivity index (χ1) is 12.7. The number of aromatic nitrogens is 2. The number of fused-ring (bicyclic) bond motifs is 2. The number of anilines is 2. The normalized spacial score (nSPS) is 11.3. The SMILES string of the molecule is CCCCn1c(Nc2ccccc2)nc2cc3c(C)cc(=O)oc3cc21. The average molecular weight is 347 g/mol. The monoisotopic (exact) mass is 347 g/mol. The highest BCUT2D eigenvalue weighted by Crippen LogP contribution is 2.28. The Hall–Kier alpha value is -3.08. The Labute approximate surface area is 151 Å². The molecule has 0 aliphatic rings. The van der Waals surface area contributed by atoms with Gasteiger partial charge in [-0.1, -0.05) is 31.5 Å². The lowest BCUT2D eigenvalue weighted by atomic mass is 10.1. The molecule has 5 heteroatoms. The third kappa shape index (κ3) is 2.96. The second kappa shape index (κ2) is 6.67. The van der Waals surface area contributed by atoms with Gasteiger partial charge < -0.3 is 14.3 Å². The lowest BCUT2D eigenvalue weighted by molar-refractivity contribution is 0.560. The summed E-state index contributed by atoms with van der Waals surface area (Å²) < 4.78 is 7.58. The molecule has 0 aliphatic carbocycles. The second-order valence-electron chi connectivity index (χ2n) is 6.52. The minimum atomic E-state index is -0.323. The maximum atomic E-state index is 11.7. The zero-order valence-corrected chi connectivity index (χ0v) is 15.0. The van der Waals surface area contributed by atoms with Crippen LogP contribution in [0.5, 0.6) is 0 Å². The van der Waals surface area contributed by atoms with E-state index in [2.05, 4.69) is 16.8 Å². The van der Waals surface area contributed by atoms with E-state index >= 15 is 0 Å². The van der Waals surface area contributed by atoms with E-state index in [0.29, 0.717) is 5.58 Å². The number of para-hydroxylation sites is 1. The molecule has 0 atom stereocenters. The molecule has 0 saturated heterocycles. The summed E-state index contributed by atoms with van der Waals surface area (Å²) in [4.78, 5) is 16.5. The maximum absolute atomic E-state index is 11.7. The molecule has 0 unspecified atom stereocenters. The van der Waals surface area contributed by atoms with E-state index in [9.17, 15) is 4.79 Å². The summed E-state index contributed by atoms with van der Waals surface area (Å²) in [5, 5.41) is 4.33. The van der Waals surface area contributed by atoms with E-state index < -0.39 is 0 Å². The van der Waals surface area contributed by atoms with Crippen LogP contribution in [0, 0.1) is 6.92 Å². The molecule has 26 heavy (non-hydrogen) atoms. The highest BCUT2D eigenvalue weighted by molar-refractivity contribution is 5.95. The lowest BCUT2D eigenvalue weighted by Crippen LogP contribution is -2.04. The molecule has 2 aromatic carbocycles. The standard InChI is InChI=1S/C21H21N3O2/c1-3-4-10-24-18-13-19-16(14(2)11-20(25)26-19)12-17(18)23-21(24)22-15-8-6-5-7-9-15/h5-9,11-13H,3-4,10H2,1-2H3,(H,22,23). The summed E-state index contributed by atoms with van der Waals surface area (Å²) >= 11 is 0. The smallest absolute Gasteiger partial charge is 0.336 e. The first-order valence-electron chi connectivity index (χ1n) is 8.92. The molecule has 0 aliphatic heterocycles. The molecule has 132 valence electrons. The van der Waals surface area contributed by atoms with E-state index in [4.69, 9.17) is 9.40 Å². The zero-order chi connectivity index (χ0) is 18.1. The van der Waals surface area contributed by atoms with Crippen LogP contribution < -0.4 is 10.9 Å². The van der Waals surface area contributed by atoms with Crippen molar-refractivity contribution in [1.29, 1.82) is 0 Å². The topological polar surface area (TPSA) is 60.1 Å². The molecule has 5 nitrogen and oxygen atoms in total. The first-order valence-corrected chi connectivity index (χ1v) is 8.92. The van der Waals surface area contributed by atoms with Crippen LogP contribution >= 0.6 is 0 Å². The van der Waals surface area contributed by atoms with Gasteiger partial charge in [0.05, 0.1) is 11.0 Å². The molecule has 2 aromatic heterocycles. The van der Waals surface area contributed by atoms with Crippen molar-refractivity contribution in [2.24, 2.45) is 0 Å². The third-order valence-corrected chi connectivity index (χ3v) is 4.58. The lowest BCUT2D eigenvalue weighted by Gasteiger charge is -2.10. The Morgan fingerprint density at radius 2 is 1.96 bits per heavy atom. The maximum Gasteiger partial charge on any atom is 0.336 e. The Morgan fingerprint density at radius 1 is 1.15 bits per heavy atom. The number of benzene rings is 2. The molecule has 4 rings (SSSR count). The number of nitrogens with zero attached hydrogens (tertiary/aromatic N) is 2. The van der Waals surface area contributed by atoms with Crippen molar-refractivity contribution in [2.45, 2.75) is 33.2 Å². The molecule has 0 radical (unpaired) electrons. The van der Waals surface area contributed by atoms with E-state index in [1.165, 1.54) is 6.07 Å². The van der Waals surface area contributed by atoms with Crippen LogP contribution in [0.4, 0.5) is 11.6 Å². The number of hydrogen-bond donors (Lipinski definition) is 1. The van der Waals surface area contributed by atoms with Crippen LogP contribution in [0.1, 0.15) is 25.3 Å². The largest absolute Gasteiger partial charge is 0.423 e. The van der Waals surface area contributed by atoms with E-state index in [1.54, 1.807) is 0 Å². The van der Waals surface area contributed by atoms with Crippen LogP contribution in [0.25, 0.3) is 22.0 Å². The molecule has 2 heterocycles. The van der Waals surface area contributed by atoms with Gasteiger partial charge >= 0.3 is 5.63 Å². The van der Waals surface area contributed by atoms with Crippen LogP contribution in [0.3, 0.4) is 0 Å². The van der Waals surface area contributed by atoms with Gasteiger partial charge in [0.15, 0.2) is 0 Å². The van der Waals surface area contributed by atoms with Gasteiger partial charge in [0, 0.05) is 29.8 Å². The van der Waals surface area contributed by atoms with Gasteiger partial charge in [-0.25, -0.2) is 9.78 Å². The van der Waals surface area contributed by atoms with Crippen LogP contribution in [-0.4, -0.2) is 9.55 Å². The predicted molar refractivity (Wildman–Crippen MR) is 105 cm³/mol. The minimum absolute atomic E-state index is 0.323. The zero-order valence-electron chi connectivity index (χ0n) is 15.0. The minimum Gasteiger partial charge on any atom is -0.423 e. The van der Waals surface area contributed by atoms with Crippen molar-refractivity contribution in [1.82, 2.24) is 9.55 Å². The van der Waals surface area contributed by atoms with Crippen molar-refractivity contribution in [3.63, 3.8) is 0 Å². The molecule has 0 spiro atoms. The Kier molecular flexibility index (Phi) is 4.21. The summed E-state index contributed by atoms with van der Waals surface area (Å²) in [5.74, 6) is 0.801. The Bertz CT molecular complexity index is 1130. The van der Waals surface area contributed by atoms with Crippen molar-refractivity contribution < 1.29 is 4.42 Å². The van der Waals surface area contributed by atoms with E-state index in [-0.39, 0.29) is 5.63 Å². The molecule has 0 bridgehead atoms. The Balaban J connectivity index is 1.91. The van der Waals surface area contributed by atoms with Crippen molar-refractivity contribution in [3.8, 4) is 0 Å². The summed E-state index contributed by atoms with van der Waals surface area (Å²) in [5.41, 5.74) is 4.04. The number of rotatable bonds is 5. The van der Waals surface area contributed by atoms with Crippen LogP contribution in [-0.2, 0) is 6.54 Å². The van der Waals surface area contributed by atoms with E-state index in [0.717, 1.165) is 53.0 Å². The molecule has 4 aromatic rings. The highest BCUT2D eigenvalue weighted by Gasteiger charge is 2.14. The van der Waals surface area contributed by atoms with Gasteiger partial charge in [-0.2, -0.15) is 0 Å². The van der Waals surface area contributed by atoms with Gasteiger partial charge in [0.2, 0.25) is 5.95 Å². The first kappa shape index (κ1) is 16.4.